The Hall–Kier alpha value is -2.48. The predicted molar refractivity (Wildman–Crippen MR) is 91.3 cm³/mol. The van der Waals surface area contributed by atoms with Gasteiger partial charge in [0.2, 0.25) is 5.91 Å². The summed E-state index contributed by atoms with van der Waals surface area (Å²) in [6, 6.07) is 7.94. The molecule has 3 unspecified atom stereocenters. The Morgan fingerprint density at radius 3 is 2.59 bits per heavy atom. The van der Waals surface area contributed by atoms with E-state index in [-0.39, 0.29) is 11.8 Å². The molecule has 144 valence electrons. The number of aromatic nitrogens is 1. The molecule has 3 rings (SSSR count). The van der Waals surface area contributed by atoms with Gasteiger partial charge in [0.25, 0.3) is 0 Å². The fraction of sp³-hybridized carbons (Fsp3) is 0.368. The van der Waals surface area contributed by atoms with Gasteiger partial charge in [-0.05, 0) is 24.6 Å². The molecule has 1 fully saturated rings. The molecule has 1 aliphatic rings. The van der Waals surface area contributed by atoms with E-state index in [1.54, 1.807) is 25.1 Å². The molecule has 8 heteroatoms. The number of amides is 1. The van der Waals surface area contributed by atoms with Crippen molar-refractivity contribution in [1.82, 2.24) is 15.6 Å². The molecule has 27 heavy (non-hydrogen) atoms. The first kappa shape index (κ1) is 19.3. The van der Waals surface area contributed by atoms with Crippen LogP contribution < -0.4 is 10.6 Å². The van der Waals surface area contributed by atoms with Gasteiger partial charge in [-0.3, -0.25) is 9.78 Å². The molecule has 1 aliphatic heterocycles. The lowest BCUT2D eigenvalue weighted by atomic mass is 9.88. The highest BCUT2D eigenvalue weighted by Crippen LogP contribution is 2.32. The minimum absolute atomic E-state index is 0.277. The maximum Gasteiger partial charge on any atom is 0.433 e. The summed E-state index contributed by atoms with van der Waals surface area (Å²) in [7, 11) is 0. The second-order valence-electron chi connectivity index (χ2n) is 6.60. The van der Waals surface area contributed by atoms with Gasteiger partial charge in [0.1, 0.15) is 11.5 Å². The zero-order chi connectivity index (χ0) is 19.6. The molecule has 1 aromatic carbocycles. The average Bonchev–Trinajstić information content (AvgIpc) is 3.11. The predicted octanol–water partition coefficient (Wildman–Crippen LogP) is 3.42. The first-order valence-electron chi connectivity index (χ1n) is 8.56. The van der Waals surface area contributed by atoms with Gasteiger partial charge >= 0.3 is 6.18 Å². The highest BCUT2D eigenvalue weighted by molar-refractivity contribution is 5.81. The van der Waals surface area contributed by atoms with Crippen molar-refractivity contribution in [2.75, 3.05) is 13.1 Å². The summed E-state index contributed by atoms with van der Waals surface area (Å²) in [4.78, 5) is 16.2. The maximum absolute atomic E-state index is 13.9. The minimum atomic E-state index is -4.50. The van der Waals surface area contributed by atoms with E-state index in [0.29, 0.717) is 24.2 Å². The second-order valence-corrected chi connectivity index (χ2v) is 6.60. The molecule has 2 heterocycles. The van der Waals surface area contributed by atoms with Crippen molar-refractivity contribution in [2.24, 2.45) is 5.92 Å². The van der Waals surface area contributed by atoms with Crippen molar-refractivity contribution in [3.05, 3.63) is 65.2 Å². The normalized spacial score (nSPS) is 21.1. The first-order chi connectivity index (χ1) is 12.8. The van der Waals surface area contributed by atoms with Crippen molar-refractivity contribution in [3.63, 3.8) is 0 Å². The third kappa shape index (κ3) is 4.27. The molecule has 0 aliphatic carbocycles. The molecular weight excluding hydrogens is 362 g/mol. The number of carbonyl (C=O) groups is 1. The third-order valence-corrected chi connectivity index (χ3v) is 4.79. The van der Waals surface area contributed by atoms with Gasteiger partial charge in [-0.15, -0.1) is 0 Å². The lowest BCUT2D eigenvalue weighted by molar-refractivity contribution is -0.141. The number of rotatable bonds is 4. The zero-order valence-corrected chi connectivity index (χ0v) is 14.6. The number of alkyl halides is 3. The highest BCUT2D eigenvalue weighted by Gasteiger charge is 2.36. The number of nitrogens with one attached hydrogen (secondary N) is 2. The number of carbonyl (C=O) groups excluding carboxylic acids is 1. The number of halogens is 4. The summed E-state index contributed by atoms with van der Waals surface area (Å²) >= 11 is 0. The summed E-state index contributed by atoms with van der Waals surface area (Å²) in [5.74, 6) is -1.45. The van der Waals surface area contributed by atoms with Gasteiger partial charge < -0.3 is 10.6 Å². The van der Waals surface area contributed by atoms with Crippen molar-refractivity contribution in [1.29, 1.82) is 0 Å². The highest BCUT2D eigenvalue weighted by atomic mass is 19.4. The van der Waals surface area contributed by atoms with Crippen LogP contribution in [0.1, 0.15) is 35.7 Å². The summed E-state index contributed by atoms with van der Waals surface area (Å²) in [5, 5.41) is 5.88. The largest absolute Gasteiger partial charge is 0.433 e. The van der Waals surface area contributed by atoms with Crippen LogP contribution in [0.3, 0.4) is 0 Å². The van der Waals surface area contributed by atoms with Crippen molar-refractivity contribution < 1.29 is 22.4 Å². The molecule has 0 spiro atoms. The van der Waals surface area contributed by atoms with Gasteiger partial charge in [0.15, 0.2) is 0 Å². The lowest BCUT2D eigenvalue weighted by Gasteiger charge is -2.22. The van der Waals surface area contributed by atoms with Crippen LogP contribution in [0.15, 0.2) is 42.6 Å². The second kappa shape index (κ2) is 7.64. The molecule has 4 nitrogen and oxygen atoms in total. The fourth-order valence-corrected chi connectivity index (χ4v) is 3.32. The quantitative estimate of drug-likeness (QED) is 0.798. The number of hydrogen-bond donors (Lipinski definition) is 2. The van der Waals surface area contributed by atoms with Gasteiger partial charge in [0.05, 0.1) is 12.0 Å². The molecular formula is C19H19F4N3O. The Kier molecular flexibility index (Phi) is 5.46. The Bertz CT molecular complexity index is 807. The minimum Gasteiger partial charge on any atom is -0.349 e. The molecule has 0 radical (unpaired) electrons. The maximum atomic E-state index is 13.9. The van der Waals surface area contributed by atoms with E-state index in [9.17, 15) is 22.4 Å². The van der Waals surface area contributed by atoms with E-state index in [4.69, 9.17) is 0 Å². The molecule has 1 saturated heterocycles. The van der Waals surface area contributed by atoms with Crippen LogP contribution in [0.25, 0.3) is 0 Å². The number of pyridine rings is 1. The van der Waals surface area contributed by atoms with Gasteiger partial charge in [-0.1, -0.05) is 24.3 Å². The average molecular weight is 381 g/mol. The molecule has 2 N–H and O–H groups in total. The summed E-state index contributed by atoms with van der Waals surface area (Å²) in [6.07, 6.45) is -3.33. The van der Waals surface area contributed by atoms with E-state index in [2.05, 4.69) is 15.6 Å². The van der Waals surface area contributed by atoms with Gasteiger partial charge in [-0.25, -0.2) is 4.39 Å². The van der Waals surface area contributed by atoms with Crippen molar-refractivity contribution in [3.8, 4) is 0 Å². The van der Waals surface area contributed by atoms with Crippen LogP contribution in [0.4, 0.5) is 17.6 Å². The third-order valence-electron chi connectivity index (χ3n) is 4.79. The van der Waals surface area contributed by atoms with E-state index in [0.717, 1.165) is 6.07 Å². The standard InChI is InChI=1S/C19H19F4N3O/c1-11(13-4-2-3-5-16(13)20)26-18(27)15-10-24-9-14(15)12-6-7-17(25-8-12)19(21,22)23/h2-8,11,14-15,24H,9-10H2,1H3,(H,26,27). The summed E-state index contributed by atoms with van der Waals surface area (Å²) < 4.78 is 51.9. The Morgan fingerprint density at radius 1 is 1.22 bits per heavy atom. The molecule has 2 aromatic rings. The summed E-state index contributed by atoms with van der Waals surface area (Å²) in [6.45, 7) is 2.54. The smallest absolute Gasteiger partial charge is 0.349 e. The SMILES string of the molecule is CC(NC(=O)C1CNCC1c1ccc(C(F)(F)F)nc1)c1ccccc1F. The topological polar surface area (TPSA) is 54.0 Å². The lowest BCUT2D eigenvalue weighted by Crippen LogP contribution is -2.36. The molecule has 0 bridgehead atoms. The first-order valence-corrected chi connectivity index (χ1v) is 8.56. The van der Waals surface area contributed by atoms with Crippen LogP contribution >= 0.6 is 0 Å². The Balaban J connectivity index is 1.72. The number of benzene rings is 1. The van der Waals surface area contributed by atoms with Crippen LogP contribution in [0, 0.1) is 11.7 Å². The number of nitrogens with zero attached hydrogens (tertiary/aromatic N) is 1. The molecule has 3 atom stereocenters. The molecule has 0 saturated carbocycles. The number of hydrogen-bond acceptors (Lipinski definition) is 3. The van der Waals surface area contributed by atoms with E-state index < -0.39 is 29.6 Å². The van der Waals surface area contributed by atoms with Crippen LogP contribution in [0.2, 0.25) is 0 Å². The van der Waals surface area contributed by atoms with Crippen LogP contribution in [0.5, 0.6) is 0 Å². The zero-order valence-electron chi connectivity index (χ0n) is 14.6. The molecule has 1 amide bonds. The Labute approximate surface area is 154 Å². The van der Waals surface area contributed by atoms with Crippen LogP contribution in [-0.2, 0) is 11.0 Å². The fourth-order valence-electron chi connectivity index (χ4n) is 3.32. The van der Waals surface area contributed by atoms with Gasteiger partial charge in [0, 0.05) is 30.8 Å². The van der Waals surface area contributed by atoms with Gasteiger partial charge in [-0.2, -0.15) is 13.2 Å². The van der Waals surface area contributed by atoms with Crippen LogP contribution in [-0.4, -0.2) is 24.0 Å². The van der Waals surface area contributed by atoms with Crippen molar-refractivity contribution >= 4 is 5.91 Å². The van der Waals surface area contributed by atoms with E-state index >= 15 is 0 Å². The van der Waals surface area contributed by atoms with E-state index in [1.807, 2.05) is 0 Å². The molecule has 1 aromatic heterocycles. The monoisotopic (exact) mass is 381 g/mol. The van der Waals surface area contributed by atoms with E-state index in [1.165, 1.54) is 18.3 Å². The Morgan fingerprint density at radius 2 is 1.96 bits per heavy atom. The van der Waals surface area contributed by atoms with Crippen molar-refractivity contribution in [2.45, 2.75) is 25.1 Å². The summed E-state index contributed by atoms with van der Waals surface area (Å²) in [5.41, 5.74) is -0.0253.